The fourth-order valence-corrected chi connectivity index (χ4v) is 1.41. The van der Waals surface area contributed by atoms with Gasteiger partial charge in [0.15, 0.2) is 6.04 Å². The SMILES string of the molecule is CCOC(=O)C(NC(=O)[C@H](C)NC(=O)OC(C)(C)C)C(=O)C(F)F. The van der Waals surface area contributed by atoms with Gasteiger partial charge in [0.05, 0.1) is 6.61 Å². The molecular formula is C14H22F2N2O6. The highest BCUT2D eigenvalue weighted by Gasteiger charge is 2.36. The number of ether oxygens (including phenoxy) is 2. The van der Waals surface area contributed by atoms with E-state index in [1.54, 1.807) is 20.8 Å². The van der Waals surface area contributed by atoms with Crippen molar-refractivity contribution in [1.82, 2.24) is 10.6 Å². The summed E-state index contributed by atoms with van der Waals surface area (Å²) in [6.07, 6.45) is -4.38. The van der Waals surface area contributed by atoms with Gasteiger partial charge in [-0.2, -0.15) is 0 Å². The van der Waals surface area contributed by atoms with Crippen LogP contribution in [0.4, 0.5) is 13.6 Å². The maximum atomic E-state index is 12.5. The fraction of sp³-hybridized carbons (Fsp3) is 0.714. The molecule has 24 heavy (non-hydrogen) atoms. The lowest BCUT2D eigenvalue weighted by molar-refractivity contribution is -0.153. The zero-order valence-corrected chi connectivity index (χ0v) is 14.1. The van der Waals surface area contributed by atoms with Crippen LogP contribution in [-0.4, -0.2) is 54.5 Å². The van der Waals surface area contributed by atoms with E-state index in [0.29, 0.717) is 0 Å². The van der Waals surface area contributed by atoms with Crippen LogP contribution in [-0.2, 0) is 23.9 Å². The fourth-order valence-electron chi connectivity index (χ4n) is 1.41. The number of alkyl halides is 2. The van der Waals surface area contributed by atoms with Gasteiger partial charge in [0.2, 0.25) is 11.7 Å². The van der Waals surface area contributed by atoms with Crippen molar-refractivity contribution in [3.63, 3.8) is 0 Å². The quantitative estimate of drug-likeness (QED) is 0.517. The number of alkyl carbamates (subject to hydrolysis) is 1. The van der Waals surface area contributed by atoms with E-state index >= 15 is 0 Å². The number of ketones is 1. The summed E-state index contributed by atoms with van der Waals surface area (Å²) < 4.78 is 34.5. The molecule has 2 amide bonds. The molecule has 0 aliphatic rings. The Morgan fingerprint density at radius 3 is 2.04 bits per heavy atom. The van der Waals surface area contributed by atoms with Crippen molar-refractivity contribution in [2.75, 3.05) is 6.61 Å². The summed E-state index contributed by atoms with van der Waals surface area (Å²) in [5.41, 5.74) is -0.806. The standard InChI is InChI=1S/C14H22F2N2O6/c1-6-23-12(21)8(9(19)10(15)16)18-11(20)7(2)17-13(22)24-14(3,4)5/h7-8,10H,6H2,1-5H3,(H,17,22)(H,18,20)/t7-,8?/m0/s1. The molecule has 0 fully saturated rings. The zero-order chi connectivity index (χ0) is 19.1. The molecule has 0 rings (SSSR count). The van der Waals surface area contributed by atoms with Crippen molar-refractivity contribution in [2.45, 2.75) is 58.7 Å². The van der Waals surface area contributed by atoms with Gasteiger partial charge in [-0.15, -0.1) is 0 Å². The van der Waals surface area contributed by atoms with E-state index in [2.05, 4.69) is 10.1 Å². The Hall–Kier alpha value is -2.26. The summed E-state index contributed by atoms with van der Waals surface area (Å²) in [6, 6.07) is -3.39. The molecule has 0 saturated carbocycles. The molecule has 0 aromatic carbocycles. The van der Waals surface area contributed by atoms with Crippen molar-refractivity contribution in [3.05, 3.63) is 0 Å². The van der Waals surface area contributed by atoms with Crippen LogP contribution in [0.25, 0.3) is 0 Å². The third-order valence-electron chi connectivity index (χ3n) is 2.44. The molecule has 0 spiro atoms. The van der Waals surface area contributed by atoms with Gasteiger partial charge < -0.3 is 20.1 Å². The predicted molar refractivity (Wildman–Crippen MR) is 78.4 cm³/mol. The second kappa shape index (κ2) is 9.14. The summed E-state index contributed by atoms with van der Waals surface area (Å²) in [5, 5.41) is 3.99. The normalized spacial score (nSPS) is 13.7. The molecule has 0 aromatic rings. The number of carbonyl (C=O) groups excluding carboxylic acids is 4. The Bertz CT molecular complexity index is 490. The maximum Gasteiger partial charge on any atom is 0.408 e. The van der Waals surface area contributed by atoms with Gasteiger partial charge in [-0.25, -0.2) is 18.4 Å². The van der Waals surface area contributed by atoms with E-state index < -0.39 is 47.9 Å². The molecule has 8 nitrogen and oxygen atoms in total. The first kappa shape index (κ1) is 21.7. The highest BCUT2D eigenvalue weighted by atomic mass is 19.3. The average molecular weight is 352 g/mol. The molecule has 0 aliphatic heterocycles. The van der Waals surface area contributed by atoms with Gasteiger partial charge >= 0.3 is 12.1 Å². The number of esters is 1. The number of amides is 2. The predicted octanol–water partition coefficient (Wildman–Crippen LogP) is 0.782. The number of hydrogen-bond donors (Lipinski definition) is 2. The molecule has 0 saturated heterocycles. The summed E-state index contributed by atoms with van der Waals surface area (Å²) >= 11 is 0. The van der Waals surface area contributed by atoms with Crippen LogP contribution in [0.2, 0.25) is 0 Å². The Balaban J connectivity index is 4.89. The van der Waals surface area contributed by atoms with E-state index in [9.17, 15) is 28.0 Å². The lowest BCUT2D eigenvalue weighted by atomic mass is 10.1. The topological polar surface area (TPSA) is 111 Å². The summed E-state index contributed by atoms with van der Waals surface area (Å²) in [4.78, 5) is 46.4. The number of rotatable bonds is 7. The molecule has 138 valence electrons. The van der Waals surface area contributed by atoms with Gasteiger partial charge in [0, 0.05) is 0 Å². The number of nitrogens with one attached hydrogen (secondary N) is 2. The average Bonchev–Trinajstić information content (AvgIpc) is 2.41. The van der Waals surface area contributed by atoms with Crippen molar-refractivity contribution >= 4 is 23.8 Å². The molecule has 0 heterocycles. The molecular weight excluding hydrogens is 330 g/mol. The smallest absolute Gasteiger partial charge is 0.408 e. The number of hydrogen-bond acceptors (Lipinski definition) is 6. The summed E-state index contributed by atoms with van der Waals surface area (Å²) in [6.45, 7) is 7.30. The van der Waals surface area contributed by atoms with E-state index in [4.69, 9.17) is 4.74 Å². The minimum atomic E-state index is -3.46. The van der Waals surface area contributed by atoms with Crippen LogP contribution in [0.5, 0.6) is 0 Å². The minimum absolute atomic E-state index is 0.159. The molecule has 1 unspecified atom stereocenters. The van der Waals surface area contributed by atoms with Gasteiger partial charge in [-0.1, -0.05) is 0 Å². The molecule has 0 radical (unpaired) electrons. The van der Waals surface area contributed by atoms with Crippen LogP contribution in [0.3, 0.4) is 0 Å². The lowest BCUT2D eigenvalue weighted by Crippen LogP contribution is -2.55. The first-order chi connectivity index (χ1) is 10.9. The third kappa shape index (κ3) is 7.84. The van der Waals surface area contributed by atoms with Crippen LogP contribution >= 0.6 is 0 Å². The summed E-state index contributed by atoms with van der Waals surface area (Å²) in [5.74, 6) is -4.13. The van der Waals surface area contributed by atoms with Gasteiger partial charge in [-0.05, 0) is 34.6 Å². The molecule has 2 atom stereocenters. The monoisotopic (exact) mass is 352 g/mol. The van der Waals surface area contributed by atoms with E-state index in [0.717, 1.165) is 0 Å². The van der Waals surface area contributed by atoms with Crippen LogP contribution in [0, 0.1) is 0 Å². The number of Topliss-reactive ketones (excluding diaryl/α,β-unsaturated/α-hetero) is 1. The highest BCUT2D eigenvalue weighted by molar-refractivity contribution is 6.07. The molecule has 0 aliphatic carbocycles. The van der Waals surface area contributed by atoms with Crippen LogP contribution in [0.15, 0.2) is 0 Å². The Morgan fingerprint density at radius 1 is 1.08 bits per heavy atom. The molecule has 10 heteroatoms. The van der Waals surface area contributed by atoms with E-state index in [1.165, 1.54) is 13.8 Å². The molecule has 2 N–H and O–H groups in total. The first-order valence-corrected chi connectivity index (χ1v) is 7.17. The van der Waals surface area contributed by atoms with Crippen molar-refractivity contribution in [3.8, 4) is 0 Å². The van der Waals surface area contributed by atoms with Crippen molar-refractivity contribution in [2.24, 2.45) is 0 Å². The second-order valence-electron chi connectivity index (χ2n) is 5.76. The van der Waals surface area contributed by atoms with Crippen LogP contribution < -0.4 is 10.6 Å². The lowest BCUT2D eigenvalue weighted by Gasteiger charge is -2.22. The van der Waals surface area contributed by atoms with E-state index in [1.807, 2.05) is 5.32 Å². The van der Waals surface area contributed by atoms with Gasteiger partial charge in [0.25, 0.3) is 6.43 Å². The highest BCUT2D eigenvalue weighted by Crippen LogP contribution is 2.07. The van der Waals surface area contributed by atoms with Gasteiger partial charge in [0.1, 0.15) is 11.6 Å². The summed E-state index contributed by atoms with van der Waals surface area (Å²) in [7, 11) is 0. The number of carbonyl (C=O) groups is 4. The Morgan fingerprint density at radius 2 is 1.62 bits per heavy atom. The zero-order valence-electron chi connectivity index (χ0n) is 14.1. The maximum absolute atomic E-state index is 12.5. The molecule has 0 aromatic heterocycles. The Labute approximate surface area is 138 Å². The van der Waals surface area contributed by atoms with Crippen LogP contribution in [0.1, 0.15) is 34.6 Å². The second-order valence-corrected chi connectivity index (χ2v) is 5.76. The Kier molecular flexibility index (Phi) is 8.28. The molecule has 0 bridgehead atoms. The number of halogens is 2. The van der Waals surface area contributed by atoms with Gasteiger partial charge in [-0.3, -0.25) is 9.59 Å². The van der Waals surface area contributed by atoms with Crippen molar-refractivity contribution < 1.29 is 37.4 Å². The largest absolute Gasteiger partial charge is 0.464 e. The van der Waals surface area contributed by atoms with Crippen molar-refractivity contribution in [1.29, 1.82) is 0 Å². The minimum Gasteiger partial charge on any atom is -0.464 e. The third-order valence-corrected chi connectivity index (χ3v) is 2.44. The first-order valence-electron chi connectivity index (χ1n) is 7.17. The van der Waals surface area contributed by atoms with E-state index in [-0.39, 0.29) is 6.61 Å².